The Hall–Kier alpha value is -1.06. The van der Waals surface area contributed by atoms with Crippen LogP contribution >= 0.6 is 0 Å². The lowest BCUT2D eigenvalue weighted by Gasteiger charge is -2.23. The molecule has 2 rings (SSSR count). The van der Waals surface area contributed by atoms with Crippen molar-refractivity contribution in [2.45, 2.75) is 18.4 Å². The third-order valence-corrected chi connectivity index (χ3v) is 3.36. The van der Waals surface area contributed by atoms with E-state index in [1.807, 2.05) is 12.1 Å². The lowest BCUT2D eigenvalue weighted by Crippen LogP contribution is -2.35. The Bertz CT molecular complexity index is 340. The van der Waals surface area contributed by atoms with Gasteiger partial charge in [0.25, 0.3) is 0 Å². The molecule has 1 aromatic rings. The molecule has 0 saturated carbocycles. The van der Waals surface area contributed by atoms with Crippen LogP contribution < -0.4 is 5.73 Å². The molecule has 1 aliphatic heterocycles. The number of rotatable bonds is 2. The summed E-state index contributed by atoms with van der Waals surface area (Å²) in [6, 6.07) is 7.95. The zero-order chi connectivity index (χ0) is 10.8. The van der Waals surface area contributed by atoms with Crippen LogP contribution in [0.4, 0.5) is 0 Å². The molecule has 1 aliphatic rings. The molecule has 0 bridgehead atoms. The van der Waals surface area contributed by atoms with Gasteiger partial charge in [0, 0.05) is 18.5 Å². The van der Waals surface area contributed by atoms with Crippen LogP contribution in [0.5, 0.6) is 5.75 Å². The van der Waals surface area contributed by atoms with Crippen LogP contribution in [0.2, 0.25) is 0 Å². The van der Waals surface area contributed by atoms with Crippen molar-refractivity contribution in [1.82, 2.24) is 4.90 Å². The summed E-state index contributed by atoms with van der Waals surface area (Å²) < 4.78 is 0. The topological polar surface area (TPSA) is 49.5 Å². The van der Waals surface area contributed by atoms with Crippen LogP contribution in [0.3, 0.4) is 0 Å². The molecule has 82 valence electrons. The van der Waals surface area contributed by atoms with Crippen molar-refractivity contribution >= 4 is 0 Å². The first-order valence-electron chi connectivity index (χ1n) is 5.41. The van der Waals surface area contributed by atoms with Crippen LogP contribution in [0.1, 0.15) is 17.9 Å². The van der Waals surface area contributed by atoms with Crippen molar-refractivity contribution in [2.75, 3.05) is 20.1 Å². The Balaban J connectivity index is 2.23. The van der Waals surface area contributed by atoms with Crippen molar-refractivity contribution in [3.63, 3.8) is 0 Å². The standard InChI is InChI=1S/C12H18N2O/c1-14-6-5-11(12(14)8-13)9-3-2-4-10(15)7-9/h2-4,7,11-12,15H,5-6,8,13H2,1H3. The molecule has 1 saturated heterocycles. The number of hydrogen-bond acceptors (Lipinski definition) is 3. The largest absolute Gasteiger partial charge is 0.508 e. The predicted octanol–water partition coefficient (Wildman–Crippen LogP) is 1.14. The number of likely N-dealkylation sites (N-methyl/N-ethyl adjacent to an activating group) is 1. The number of nitrogens with zero attached hydrogens (tertiary/aromatic N) is 1. The first kappa shape index (κ1) is 10.5. The van der Waals surface area contributed by atoms with E-state index in [2.05, 4.69) is 18.0 Å². The Morgan fingerprint density at radius 2 is 2.33 bits per heavy atom. The summed E-state index contributed by atoms with van der Waals surface area (Å²) in [6.07, 6.45) is 1.13. The van der Waals surface area contributed by atoms with Gasteiger partial charge in [-0.1, -0.05) is 12.1 Å². The Morgan fingerprint density at radius 3 is 3.00 bits per heavy atom. The van der Waals surface area contributed by atoms with Gasteiger partial charge in [0.05, 0.1) is 0 Å². The SMILES string of the molecule is CN1CCC(c2cccc(O)c2)C1CN. The van der Waals surface area contributed by atoms with Gasteiger partial charge >= 0.3 is 0 Å². The third-order valence-electron chi connectivity index (χ3n) is 3.36. The summed E-state index contributed by atoms with van der Waals surface area (Å²) in [5.74, 6) is 0.810. The molecule has 1 aromatic carbocycles. The van der Waals surface area contributed by atoms with Crippen LogP contribution in [0.25, 0.3) is 0 Å². The summed E-state index contributed by atoms with van der Waals surface area (Å²) in [7, 11) is 2.11. The molecule has 3 N–H and O–H groups in total. The van der Waals surface area contributed by atoms with Crippen molar-refractivity contribution in [1.29, 1.82) is 0 Å². The Kier molecular flexibility index (Phi) is 2.93. The van der Waals surface area contributed by atoms with Crippen LogP contribution in [-0.2, 0) is 0 Å². The highest BCUT2D eigenvalue weighted by molar-refractivity contribution is 5.31. The monoisotopic (exact) mass is 206 g/mol. The number of nitrogens with two attached hydrogens (primary N) is 1. The van der Waals surface area contributed by atoms with E-state index >= 15 is 0 Å². The van der Waals surface area contributed by atoms with E-state index in [9.17, 15) is 5.11 Å². The maximum absolute atomic E-state index is 9.45. The minimum Gasteiger partial charge on any atom is -0.508 e. The van der Waals surface area contributed by atoms with Gasteiger partial charge in [-0.05, 0) is 37.7 Å². The van der Waals surface area contributed by atoms with Gasteiger partial charge in [-0.15, -0.1) is 0 Å². The third kappa shape index (κ3) is 1.98. The number of likely N-dealkylation sites (tertiary alicyclic amines) is 1. The molecule has 0 aliphatic carbocycles. The second kappa shape index (κ2) is 4.21. The predicted molar refractivity (Wildman–Crippen MR) is 60.9 cm³/mol. The number of hydrogen-bond donors (Lipinski definition) is 2. The van der Waals surface area contributed by atoms with Gasteiger partial charge in [-0.3, -0.25) is 0 Å². The van der Waals surface area contributed by atoms with Gasteiger partial charge in [-0.2, -0.15) is 0 Å². The van der Waals surface area contributed by atoms with E-state index in [0.717, 1.165) is 13.0 Å². The van der Waals surface area contributed by atoms with Crippen molar-refractivity contribution in [2.24, 2.45) is 5.73 Å². The van der Waals surface area contributed by atoms with Gasteiger partial charge in [0.2, 0.25) is 0 Å². The molecule has 2 atom stereocenters. The average Bonchev–Trinajstić information content (AvgIpc) is 2.59. The molecule has 15 heavy (non-hydrogen) atoms. The summed E-state index contributed by atoms with van der Waals surface area (Å²) in [5, 5.41) is 9.45. The quantitative estimate of drug-likeness (QED) is 0.763. The van der Waals surface area contributed by atoms with Gasteiger partial charge in [-0.25, -0.2) is 0 Å². The molecule has 3 nitrogen and oxygen atoms in total. The molecule has 0 aromatic heterocycles. The van der Waals surface area contributed by atoms with E-state index in [1.54, 1.807) is 6.07 Å². The van der Waals surface area contributed by atoms with E-state index in [4.69, 9.17) is 5.73 Å². The van der Waals surface area contributed by atoms with Crippen molar-refractivity contribution in [3.05, 3.63) is 29.8 Å². The van der Waals surface area contributed by atoms with Gasteiger partial charge < -0.3 is 15.7 Å². The molecular formula is C12H18N2O. The smallest absolute Gasteiger partial charge is 0.115 e. The van der Waals surface area contributed by atoms with Crippen LogP contribution in [-0.4, -0.2) is 36.2 Å². The summed E-state index contributed by atoms with van der Waals surface area (Å²) in [4.78, 5) is 2.30. The molecule has 3 heteroatoms. The molecule has 0 spiro atoms. The Labute approximate surface area is 90.5 Å². The minimum absolute atomic E-state index is 0.345. The first-order valence-corrected chi connectivity index (χ1v) is 5.41. The molecule has 2 unspecified atom stereocenters. The second-order valence-corrected chi connectivity index (χ2v) is 4.27. The summed E-state index contributed by atoms with van der Waals surface area (Å²) in [5.41, 5.74) is 6.99. The summed E-state index contributed by atoms with van der Waals surface area (Å²) in [6.45, 7) is 1.76. The lowest BCUT2D eigenvalue weighted by atomic mass is 9.91. The van der Waals surface area contributed by atoms with Gasteiger partial charge in [0.1, 0.15) is 5.75 Å². The molecular weight excluding hydrogens is 188 g/mol. The maximum atomic E-state index is 9.45. The summed E-state index contributed by atoms with van der Waals surface area (Å²) >= 11 is 0. The highest BCUT2D eigenvalue weighted by Gasteiger charge is 2.31. The highest BCUT2D eigenvalue weighted by atomic mass is 16.3. The maximum Gasteiger partial charge on any atom is 0.115 e. The number of phenols is 1. The first-order chi connectivity index (χ1) is 7.22. The highest BCUT2D eigenvalue weighted by Crippen LogP contribution is 2.33. The Morgan fingerprint density at radius 1 is 1.53 bits per heavy atom. The minimum atomic E-state index is 0.345. The zero-order valence-corrected chi connectivity index (χ0v) is 9.06. The van der Waals surface area contributed by atoms with E-state index in [0.29, 0.717) is 24.3 Å². The molecule has 1 fully saturated rings. The average molecular weight is 206 g/mol. The second-order valence-electron chi connectivity index (χ2n) is 4.27. The lowest BCUT2D eigenvalue weighted by molar-refractivity contribution is 0.303. The molecule has 0 radical (unpaired) electrons. The zero-order valence-electron chi connectivity index (χ0n) is 9.06. The van der Waals surface area contributed by atoms with Crippen molar-refractivity contribution < 1.29 is 5.11 Å². The van der Waals surface area contributed by atoms with E-state index in [1.165, 1.54) is 5.56 Å². The fourth-order valence-electron chi connectivity index (χ4n) is 2.50. The number of benzene rings is 1. The number of aromatic hydroxyl groups is 1. The van der Waals surface area contributed by atoms with Gasteiger partial charge in [0.15, 0.2) is 0 Å². The van der Waals surface area contributed by atoms with Crippen molar-refractivity contribution in [3.8, 4) is 5.75 Å². The van der Waals surface area contributed by atoms with E-state index < -0.39 is 0 Å². The van der Waals surface area contributed by atoms with Crippen LogP contribution in [0.15, 0.2) is 24.3 Å². The molecule has 1 heterocycles. The fourth-order valence-corrected chi connectivity index (χ4v) is 2.50. The van der Waals surface area contributed by atoms with E-state index in [-0.39, 0.29) is 0 Å². The fraction of sp³-hybridized carbons (Fsp3) is 0.500. The normalized spacial score (nSPS) is 27.1. The molecule has 0 amide bonds. The number of phenolic OH excluding ortho intramolecular Hbond substituents is 1. The van der Waals surface area contributed by atoms with Crippen LogP contribution in [0, 0.1) is 0 Å².